The summed E-state index contributed by atoms with van der Waals surface area (Å²) in [6.45, 7) is 3.07. The van der Waals surface area contributed by atoms with E-state index in [4.69, 9.17) is 34.8 Å². The van der Waals surface area contributed by atoms with Crippen LogP contribution in [0.25, 0.3) is 0 Å². The molecule has 0 fully saturated rings. The maximum atomic E-state index is 14.0. The normalized spacial score (nSPS) is 12.2. The number of carbonyl (C=O) groups is 2. The average molecular weight is 611 g/mol. The second kappa shape index (κ2) is 13.5. The Morgan fingerprint density at radius 3 is 2.13 bits per heavy atom. The Balaban J connectivity index is 2.08. The van der Waals surface area contributed by atoms with Crippen molar-refractivity contribution in [2.45, 2.75) is 38.9 Å². The van der Waals surface area contributed by atoms with Crippen LogP contribution >= 0.6 is 34.8 Å². The van der Waals surface area contributed by atoms with E-state index in [2.05, 4.69) is 5.32 Å². The van der Waals surface area contributed by atoms with Gasteiger partial charge >= 0.3 is 0 Å². The van der Waals surface area contributed by atoms with E-state index in [9.17, 15) is 18.0 Å². The summed E-state index contributed by atoms with van der Waals surface area (Å²) in [6.07, 6.45) is 1.19. The Hall–Kier alpha value is -2.78. The van der Waals surface area contributed by atoms with Crippen molar-refractivity contribution in [1.29, 1.82) is 0 Å². The van der Waals surface area contributed by atoms with Crippen LogP contribution in [0.5, 0.6) is 0 Å². The first-order chi connectivity index (χ1) is 18.3. The average Bonchev–Trinajstić information content (AvgIpc) is 2.85. The smallest absolute Gasteiger partial charge is 0.244 e. The largest absolute Gasteiger partial charge is 0.352 e. The summed E-state index contributed by atoms with van der Waals surface area (Å²) in [6, 6.07) is 19.5. The van der Waals surface area contributed by atoms with E-state index < -0.39 is 28.5 Å². The van der Waals surface area contributed by atoms with E-state index >= 15 is 0 Å². The zero-order valence-corrected chi connectivity index (χ0v) is 24.9. The molecule has 3 aromatic carbocycles. The summed E-state index contributed by atoms with van der Waals surface area (Å²) in [5, 5.41) is 3.73. The molecule has 0 saturated carbocycles. The number of halogens is 3. The molecule has 3 rings (SSSR count). The van der Waals surface area contributed by atoms with Crippen LogP contribution in [0, 0.1) is 0 Å². The van der Waals surface area contributed by atoms with Crippen molar-refractivity contribution < 1.29 is 18.0 Å². The van der Waals surface area contributed by atoms with Crippen molar-refractivity contribution in [3.05, 3.63) is 99.0 Å². The van der Waals surface area contributed by atoms with Gasteiger partial charge in [-0.05, 0) is 55.3 Å². The standard InChI is InChI=1S/C28H30Cl3N3O4S/c1-19(2)32-28(36)26(15-20-8-5-4-6-9-20)33(17-21-10-7-11-22(29)14-21)27(35)18-34(39(3,37)38)25-16-23(30)12-13-24(25)31/h4-14,16,19,26H,15,17-18H2,1-3H3,(H,32,36). The van der Waals surface area contributed by atoms with Crippen LogP contribution in [-0.4, -0.2) is 50.0 Å². The van der Waals surface area contributed by atoms with Gasteiger partial charge < -0.3 is 10.2 Å². The number of amides is 2. The van der Waals surface area contributed by atoms with Gasteiger partial charge in [-0.25, -0.2) is 8.42 Å². The summed E-state index contributed by atoms with van der Waals surface area (Å²) in [5.74, 6) is -0.966. The first-order valence-corrected chi connectivity index (χ1v) is 15.1. The number of anilines is 1. The molecule has 1 atom stereocenters. The fraction of sp³-hybridized carbons (Fsp3) is 0.286. The quantitative estimate of drug-likeness (QED) is 0.307. The minimum atomic E-state index is -3.97. The minimum absolute atomic E-state index is 0.0172. The summed E-state index contributed by atoms with van der Waals surface area (Å²) >= 11 is 18.6. The third kappa shape index (κ3) is 8.86. The van der Waals surface area contributed by atoms with Crippen molar-refractivity contribution in [3.8, 4) is 0 Å². The molecule has 0 saturated heterocycles. The number of rotatable bonds is 11. The second-order valence-corrected chi connectivity index (χ2v) is 12.6. The monoisotopic (exact) mass is 609 g/mol. The predicted octanol–water partition coefficient (Wildman–Crippen LogP) is 5.58. The fourth-order valence-corrected chi connectivity index (χ4v) is 5.54. The highest BCUT2D eigenvalue weighted by molar-refractivity contribution is 7.92. The van der Waals surface area contributed by atoms with Crippen LogP contribution in [-0.2, 0) is 32.6 Å². The molecule has 0 aromatic heterocycles. The first-order valence-electron chi connectivity index (χ1n) is 12.2. The molecule has 0 aliphatic carbocycles. The van der Waals surface area contributed by atoms with Crippen LogP contribution in [0.15, 0.2) is 72.8 Å². The Labute approximate surface area is 244 Å². The van der Waals surface area contributed by atoms with Gasteiger partial charge in [0, 0.05) is 29.1 Å². The van der Waals surface area contributed by atoms with Crippen molar-refractivity contribution in [2.75, 3.05) is 17.1 Å². The SMILES string of the molecule is CC(C)NC(=O)C(Cc1ccccc1)N(Cc1cccc(Cl)c1)C(=O)CN(c1cc(Cl)ccc1Cl)S(C)(=O)=O. The van der Waals surface area contributed by atoms with Crippen LogP contribution in [0.2, 0.25) is 15.1 Å². The molecular formula is C28H30Cl3N3O4S. The highest BCUT2D eigenvalue weighted by Gasteiger charge is 2.33. The minimum Gasteiger partial charge on any atom is -0.352 e. The molecule has 39 heavy (non-hydrogen) atoms. The zero-order valence-electron chi connectivity index (χ0n) is 21.8. The first kappa shape index (κ1) is 30.8. The highest BCUT2D eigenvalue weighted by atomic mass is 35.5. The van der Waals surface area contributed by atoms with Gasteiger partial charge in [0.05, 0.1) is 17.0 Å². The Kier molecular flexibility index (Phi) is 10.7. The summed E-state index contributed by atoms with van der Waals surface area (Å²) in [4.78, 5) is 28.9. The molecule has 2 amide bonds. The lowest BCUT2D eigenvalue weighted by Gasteiger charge is -2.34. The van der Waals surface area contributed by atoms with Gasteiger partial charge in [0.2, 0.25) is 21.8 Å². The molecule has 3 aromatic rings. The summed E-state index contributed by atoms with van der Waals surface area (Å²) in [5.41, 5.74) is 1.58. The van der Waals surface area contributed by atoms with E-state index in [0.717, 1.165) is 16.1 Å². The third-order valence-electron chi connectivity index (χ3n) is 5.80. The van der Waals surface area contributed by atoms with Gasteiger partial charge in [-0.2, -0.15) is 0 Å². The number of nitrogens with one attached hydrogen (secondary N) is 1. The summed E-state index contributed by atoms with van der Waals surface area (Å²) in [7, 11) is -3.97. The number of sulfonamides is 1. The maximum absolute atomic E-state index is 14.0. The van der Waals surface area contributed by atoms with Crippen molar-refractivity contribution in [1.82, 2.24) is 10.2 Å². The lowest BCUT2D eigenvalue weighted by atomic mass is 10.0. The van der Waals surface area contributed by atoms with Crippen molar-refractivity contribution >= 4 is 62.3 Å². The maximum Gasteiger partial charge on any atom is 0.244 e. The number of carbonyl (C=O) groups excluding carboxylic acids is 2. The molecule has 0 aliphatic rings. The lowest BCUT2D eigenvalue weighted by Crippen LogP contribution is -2.54. The molecule has 7 nitrogen and oxygen atoms in total. The van der Waals surface area contributed by atoms with Gasteiger partial charge in [-0.3, -0.25) is 13.9 Å². The number of nitrogens with zero attached hydrogens (tertiary/aromatic N) is 2. The number of hydrogen-bond donors (Lipinski definition) is 1. The fourth-order valence-electron chi connectivity index (χ4n) is 4.04. The van der Waals surface area contributed by atoms with E-state index in [0.29, 0.717) is 10.6 Å². The van der Waals surface area contributed by atoms with E-state index in [1.807, 2.05) is 44.2 Å². The van der Waals surface area contributed by atoms with Gasteiger partial charge in [-0.1, -0.05) is 77.3 Å². The second-order valence-electron chi connectivity index (χ2n) is 9.39. The Morgan fingerprint density at radius 1 is 0.872 bits per heavy atom. The number of hydrogen-bond acceptors (Lipinski definition) is 4. The molecule has 0 aliphatic heterocycles. The molecule has 0 heterocycles. The van der Waals surface area contributed by atoms with Crippen LogP contribution in [0.4, 0.5) is 5.69 Å². The van der Waals surface area contributed by atoms with E-state index in [-0.39, 0.29) is 40.6 Å². The molecule has 1 N–H and O–H groups in total. The van der Waals surface area contributed by atoms with Crippen molar-refractivity contribution in [2.24, 2.45) is 0 Å². The topological polar surface area (TPSA) is 86.8 Å². The van der Waals surface area contributed by atoms with Crippen LogP contribution in [0.1, 0.15) is 25.0 Å². The predicted molar refractivity (Wildman–Crippen MR) is 158 cm³/mol. The van der Waals surface area contributed by atoms with E-state index in [1.54, 1.807) is 24.3 Å². The summed E-state index contributed by atoms with van der Waals surface area (Å²) < 4.78 is 26.6. The van der Waals surface area contributed by atoms with Crippen LogP contribution < -0.4 is 9.62 Å². The molecule has 0 radical (unpaired) electrons. The lowest BCUT2D eigenvalue weighted by molar-refractivity contribution is -0.140. The van der Waals surface area contributed by atoms with Crippen molar-refractivity contribution in [3.63, 3.8) is 0 Å². The molecule has 1 unspecified atom stereocenters. The van der Waals surface area contributed by atoms with Gasteiger partial charge in [0.25, 0.3) is 0 Å². The third-order valence-corrected chi connectivity index (χ3v) is 7.72. The molecular weight excluding hydrogens is 581 g/mol. The van der Waals surface area contributed by atoms with Crippen LogP contribution in [0.3, 0.4) is 0 Å². The van der Waals surface area contributed by atoms with E-state index in [1.165, 1.54) is 23.1 Å². The van der Waals surface area contributed by atoms with Gasteiger partial charge in [-0.15, -0.1) is 0 Å². The molecule has 0 bridgehead atoms. The molecule has 0 spiro atoms. The molecule has 208 valence electrons. The Bertz CT molecular complexity index is 1420. The highest BCUT2D eigenvalue weighted by Crippen LogP contribution is 2.31. The Morgan fingerprint density at radius 2 is 1.51 bits per heavy atom. The molecule has 11 heteroatoms. The zero-order chi connectivity index (χ0) is 28.7. The number of benzene rings is 3. The van der Waals surface area contributed by atoms with Gasteiger partial charge in [0.15, 0.2) is 0 Å². The van der Waals surface area contributed by atoms with Gasteiger partial charge in [0.1, 0.15) is 12.6 Å².